The maximum atomic E-state index is 13.2. The van der Waals surface area contributed by atoms with Crippen LogP contribution in [-0.4, -0.2) is 35.9 Å². The standard InChI is InChI=1S/C34H41ClO3Si2/c1-33(2,3)40(28-14-10-8-11-15-28,29-16-12-9-13-17-29)38-23-22-34(26-18-20-27(37-4)21-19-26)24-30(35)32(36)31(25-34)39(5,6)7/h8-21,24-25H,22-23H2,1-7H3. The highest BCUT2D eigenvalue weighted by Gasteiger charge is 2.50. The van der Waals surface area contributed by atoms with E-state index in [2.05, 4.69) is 119 Å². The Morgan fingerprint density at radius 2 is 1.32 bits per heavy atom. The average molecular weight is 589 g/mol. The number of benzene rings is 3. The van der Waals surface area contributed by atoms with Gasteiger partial charge in [-0.3, -0.25) is 4.79 Å². The maximum absolute atomic E-state index is 13.2. The largest absolute Gasteiger partial charge is 0.497 e. The van der Waals surface area contributed by atoms with E-state index in [0.717, 1.165) is 16.5 Å². The van der Waals surface area contributed by atoms with Gasteiger partial charge in [0.05, 0.1) is 20.2 Å². The molecule has 0 amide bonds. The van der Waals surface area contributed by atoms with Crippen molar-refractivity contribution >= 4 is 44.1 Å². The molecular weight excluding hydrogens is 548 g/mol. The lowest BCUT2D eigenvalue weighted by Crippen LogP contribution is -2.66. The highest BCUT2D eigenvalue weighted by Crippen LogP contribution is 2.43. The van der Waals surface area contributed by atoms with Gasteiger partial charge < -0.3 is 9.16 Å². The normalized spacial score (nSPS) is 18.2. The predicted molar refractivity (Wildman–Crippen MR) is 173 cm³/mol. The van der Waals surface area contributed by atoms with Gasteiger partial charge in [0.15, 0.2) is 5.78 Å². The molecule has 0 aliphatic heterocycles. The number of carbonyl (C=O) groups is 1. The summed E-state index contributed by atoms with van der Waals surface area (Å²) in [6, 6.07) is 29.5. The second-order valence-corrected chi connectivity index (χ2v) is 22.4. The zero-order valence-corrected chi connectivity index (χ0v) is 27.5. The highest BCUT2D eigenvalue weighted by atomic mass is 35.5. The lowest BCUT2D eigenvalue weighted by molar-refractivity contribution is -0.111. The number of carbonyl (C=O) groups excluding carboxylic acids is 1. The Labute approximate surface area is 247 Å². The van der Waals surface area contributed by atoms with Gasteiger partial charge in [0.1, 0.15) is 5.75 Å². The van der Waals surface area contributed by atoms with E-state index in [9.17, 15) is 4.79 Å². The van der Waals surface area contributed by atoms with Crippen LogP contribution >= 0.6 is 11.6 Å². The summed E-state index contributed by atoms with van der Waals surface area (Å²) < 4.78 is 12.7. The SMILES string of the molecule is COc1ccc(C2(CCO[Si](c3ccccc3)(c3ccccc3)C(C)(C)C)C=C(Cl)C(=O)C([Si](C)(C)C)=C2)cc1. The highest BCUT2D eigenvalue weighted by molar-refractivity contribution is 6.99. The van der Waals surface area contributed by atoms with Gasteiger partial charge >= 0.3 is 0 Å². The quantitative estimate of drug-likeness (QED) is 0.244. The fraction of sp³-hybridized carbons (Fsp3) is 0.324. The first-order valence-electron chi connectivity index (χ1n) is 13.9. The molecule has 3 aromatic rings. The van der Waals surface area contributed by atoms with Gasteiger partial charge in [0.2, 0.25) is 0 Å². The fourth-order valence-electron chi connectivity index (χ4n) is 5.83. The van der Waals surface area contributed by atoms with Gasteiger partial charge in [-0.05, 0) is 50.8 Å². The average Bonchev–Trinajstić information content (AvgIpc) is 2.92. The summed E-state index contributed by atoms with van der Waals surface area (Å²) in [5, 5.41) is 3.52. The molecule has 1 atom stereocenters. The summed E-state index contributed by atoms with van der Waals surface area (Å²) >= 11 is 6.73. The summed E-state index contributed by atoms with van der Waals surface area (Å²) in [5.41, 5.74) is 0.499. The lowest BCUT2D eigenvalue weighted by Gasteiger charge is -2.44. The smallest absolute Gasteiger partial charge is 0.261 e. The van der Waals surface area contributed by atoms with Gasteiger partial charge in [0.25, 0.3) is 8.32 Å². The number of ketones is 1. The topological polar surface area (TPSA) is 35.5 Å². The number of allylic oxidation sites excluding steroid dienone is 4. The van der Waals surface area contributed by atoms with Crippen molar-refractivity contribution in [3.05, 3.63) is 113 Å². The van der Waals surface area contributed by atoms with Gasteiger partial charge in [-0.15, -0.1) is 0 Å². The Bertz CT molecular complexity index is 1350. The minimum Gasteiger partial charge on any atom is -0.497 e. The van der Waals surface area contributed by atoms with Crippen LogP contribution in [0.3, 0.4) is 0 Å². The van der Waals surface area contributed by atoms with Crippen LogP contribution in [0.5, 0.6) is 5.75 Å². The molecule has 0 radical (unpaired) electrons. The van der Waals surface area contributed by atoms with Crippen LogP contribution in [0.1, 0.15) is 32.8 Å². The van der Waals surface area contributed by atoms with Crippen molar-refractivity contribution in [3.63, 3.8) is 0 Å². The number of rotatable bonds is 9. The molecule has 40 heavy (non-hydrogen) atoms. The van der Waals surface area contributed by atoms with Crippen molar-refractivity contribution in [1.82, 2.24) is 0 Å². The lowest BCUT2D eigenvalue weighted by atomic mass is 9.75. The zero-order valence-electron chi connectivity index (χ0n) is 24.8. The predicted octanol–water partition coefficient (Wildman–Crippen LogP) is 7.41. The van der Waals surface area contributed by atoms with Crippen molar-refractivity contribution < 1.29 is 14.0 Å². The Kier molecular flexibility index (Phi) is 8.81. The van der Waals surface area contributed by atoms with Crippen molar-refractivity contribution in [1.29, 1.82) is 0 Å². The molecule has 0 heterocycles. The molecule has 0 spiro atoms. The van der Waals surface area contributed by atoms with E-state index in [1.165, 1.54) is 10.4 Å². The second-order valence-electron chi connectivity index (χ2n) is 12.7. The van der Waals surface area contributed by atoms with Crippen molar-refractivity contribution in [2.45, 2.75) is 57.3 Å². The Morgan fingerprint density at radius 1 is 0.800 bits per heavy atom. The molecule has 0 fully saturated rings. The monoisotopic (exact) mass is 588 g/mol. The van der Waals surface area contributed by atoms with E-state index >= 15 is 0 Å². The number of ether oxygens (including phenoxy) is 1. The van der Waals surface area contributed by atoms with Gasteiger partial charge in [-0.2, -0.15) is 0 Å². The molecule has 0 N–H and O–H groups in total. The third-order valence-electron chi connectivity index (χ3n) is 7.93. The van der Waals surface area contributed by atoms with Crippen LogP contribution in [0.25, 0.3) is 0 Å². The summed E-state index contributed by atoms with van der Waals surface area (Å²) in [6.07, 6.45) is 4.78. The van der Waals surface area contributed by atoms with E-state index < -0.39 is 21.8 Å². The number of methoxy groups -OCH3 is 1. The van der Waals surface area contributed by atoms with Crippen LogP contribution in [0.4, 0.5) is 0 Å². The molecule has 1 aliphatic rings. The second kappa shape index (κ2) is 11.7. The molecule has 1 unspecified atom stereocenters. The van der Waals surface area contributed by atoms with Crippen LogP contribution < -0.4 is 15.1 Å². The van der Waals surface area contributed by atoms with Crippen molar-refractivity contribution in [2.24, 2.45) is 0 Å². The summed E-state index contributed by atoms with van der Waals surface area (Å²) in [5.74, 6) is 0.747. The van der Waals surface area contributed by atoms with Crippen LogP contribution in [0.15, 0.2) is 107 Å². The van der Waals surface area contributed by atoms with Gasteiger partial charge in [-0.25, -0.2) is 0 Å². The van der Waals surface area contributed by atoms with Crippen LogP contribution in [0, 0.1) is 0 Å². The summed E-state index contributed by atoms with van der Waals surface area (Å²) in [6.45, 7) is 14.0. The van der Waals surface area contributed by atoms with Crippen LogP contribution in [-0.2, 0) is 14.6 Å². The first kappa shape index (κ1) is 30.3. The minimum absolute atomic E-state index is 0.0436. The molecular formula is C34H41ClO3Si2. The first-order valence-corrected chi connectivity index (χ1v) is 19.7. The Morgan fingerprint density at radius 3 is 1.77 bits per heavy atom. The third-order valence-corrected chi connectivity index (χ3v) is 15.2. The number of hydrogen-bond acceptors (Lipinski definition) is 3. The number of Topliss-reactive ketones (excluding diaryl/α,β-unsaturated/α-hetero) is 1. The summed E-state index contributed by atoms with van der Waals surface area (Å²) in [4.78, 5) is 13.2. The van der Waals surface area contributed by atoms with E-state index in [-0.39, 0.29) is 10.8 Å². The van der Waals surface area contributed by atoms with Gasteiger partial charge in [-0.1, -0.05) is 131 Å². The minimum atomic E-state index is -2.72. The molecule has 210 valence electrons. The zero-order chi connectivity index (χ0) is 29.2. The summed E-state index contributed by atoms with van der Waals surface area (Å²) in [7, 11) is -3.03. The molecule has 4 rings (SSSR count). The van der Waals surface area contributed by atoms with E-state index in [4.69, 9.17) is 20.8 Å². The molecule has 0 saturated heterocycles. The van der Waals surface area contributed by atoms with E-state index in [0.29, 0.717) is 18.1 Å². The third kappa shape index (κ3) is 5.84. The molecule has 6 heteroatoms. The molecule has 0 saturated carbocycles. The fourth-order valence-corrected chi connectivity index (χ4v) is 12.3. The number of halogens is 1. The molecule has 3 aromatic carbocycles. The first-order chi connectivity index (χ1) is 18.8. The number of hydrogen-bond donors (Lipinski definition) is 0. The van der Waals surface area contributed by atoms with Crippen molar-refractivity contribution in [2.75, 3.05) is 13.7 Å². The van der Waals surface area contributed by atoms with Gasteiger partial charge in [0, 0.05) is 12.0 Å². The Balaban J connectivity index is 1.83. The molecule has 3 nitrogen and oxygen atoms in total. The van der Waals surface area contributed by atoms with Crippen LogP contribution in [0.2, 0.25) is 24.7 Å². The Hall–Kier alpha value is -2.71. The van der Waals surface area contributed by atoms with E-state index in [1.807, 2.05) is 18.2 Å². The molecule has 0 aromatic heterocycles. The molecule has 0 bridgehead atoms. The molecule has 1 aliphatic carbocycles. The maximum Gasteiger partial charge on any atom is 0.261 e. The van der Waals surface area contributed by atoms with E-state index in [1.54, 1.807) is 7.11 Å². The van der Waals surface area contributed by atoms with Crippen molar-refractivity contribution in [3.8, 4) is 5.75 Å².